The molecule has 0 aromatic rings. The number of hydrogen-bond donors (Lipinski definition) is 0. The second-order valence-electron chi connectivity index (χ2n) is 1.20. The molecule has 0 bridgehead atoms. The van der Waals surface area contributed by atoms with Gasteiger partial charge in [0.15, 0.2) is 0 Å². The average Bonchev–Trinajstić information content (AvgIpc) is 1.63. The maximum absolute atomic E-state index is 3.65. The van der Waals surface area contributed by atoms with E-state index in [1.165, 1.54) is 0 Å². The maximum atomic E-state index is 3.65. The van der Waals surface area contributed by atoms with Gasteiger partial charge in [-0.25, -0.2) is 6.99 Å². The molecule has 0 heterocycles. The maximum Gasteiger partial charge on any atom is 0 e. The molecule has 0 fully saturated rings. The van der Waals surface area contributed by atoms with Crippen molar-refractivity contribution in [2.24, 2.45) is 0 Å². The third-order valence-corrected chi connectivity index (χ3v) is 36.5. The first-order valence-corrected chi connectivity index (χ1v) is 17.1. The van der Waals surface area contributed by atoms with Gasteiger partial charge in [-0.1, -0.05) is 14.9 Å². The van der Waals surface area contributed by atoms with Gasteiger partial charge < -0.3 is 8.93 Å². The van der Waals surface area contributed by atoms with Crippen LogP contribution in [0.25, 0.3) is 0 Å². The van der Waals surface area contributed by atoms with Crippen molar-refractivity contribution in [2.45, 2.75) is 0 Å². The first-order valence-electron chi connectivity index (χ1n) is 1.90. The molecule has 7 unspecified atom stereocenters. The molecule has 0 aliphatic carbocycles. The summed E-state index contributed by atoms with van der Waals surface area (Å²) in [4.78, 5) is 0. The Morgan fingerprint density at radius 2 is 1.50 bits per heavy atom. The molecule has 0 amide bonds. The molecule has 0 rings (SSSR count). The summed E-state index contributed by atoms with van der Waals surface area (Å²) in [6, 6.07) is 0. The summed E-state index contributed by atoms with van der Waals surface area (Å²) < 4.78 is 0. The van der Waals surface area contributed by atoms with Gasteiger partial charge >= 0.3 is 0 Å². The number of hydrogen-bond acceptors (Lipinski definition) is 0. The Hall–Kier alpha value is 4.56. The minimum atomic E-state index is 0. The molecule has 10 heavy (non-hydrogen) atoms. The largest absolute Gasteiger partial charge is 0.516 e. The standard InChI is InChI=1S/H10P9.W/c1-7(2)6-9(5)8(3)4;/h3,6H,1-2,4-5H2;/q-1;. The summed E-state index contributed by atoms with van der Waals surface area (Å²) in [6.45, 7) is 0.420. The van der Waals surface area contributed by atoms with E-state index in [0.717, 1.165) is 7.96 Å². The van der Waals surface area contributed by atoms with Gasteiger partial charge in [-0.15, -0.1) is 35.7 Å². The molecule has 62 valence electrons. The predicted molar refractivity (Wildman–Crippen MR) is 76.2 cm³/mol. The zero-order valence-electron chi connectivity index (χ0n) is 5.06. The topological polar surface area (TPSA) is 0 Å². The van der Waals surface area contributed by atoms with Gasteiger partial charge in [0.25, 0.3) is 0 Å². The first-order chi connectivity index (χ1) is 4.04. The SMILES string of the molecule is [PH-]P(P)P(P)PP(P)P.[W]. The summed E-state index contributed by atoms with van der Waals surface area (Å²) in [7, 11) is 16.3. The molecule has 0 nitrogen and oxygen atoms in total. The van der Waals surface area contributed by atoms with E-state index in [2.05, 4.69) is 44.6 Å². The molecular formula is H10P9W-. The third kappa shape index (κ3) is 10.6. The molecule has 7 atom stereocenters. The van der Waals surface area contributed by atoms with Crippen molar-refractivity contribution >= 4 is 73.6 Å². The van der Waals surface area contributed by atoms with Crippen LogP contribution in [0.15, 0.2) is 0 Å². The van der Waals surface area contributed by atoms with Crippen LogP contribution < -0.4 is 0 Å². The fourth-order valence-electron chi connectivity index (χ4n) is 0.166. The quantitative estimate of drug-likeness (QED) is 0.503. The van der Waals surface area contributed by atoms with E-state index < -0.39 is 0 Å². The molecule has 0 aromatic carbocycles. The third-order valence-electron chi connectivity index (χ3n) is 0.450. The Morgan fingerprint density at radius 3 is 1.60 bits per heavy atom. The van der Waals surface area contributed by atoms with Crippen LogP contribution >= 0.6 is 73.6 Å². The smallest absolute Gasteiger partial charge is 0 e. The van der Waals surface area contributed by atoms with Crippen LogP contribution in [-0.2, 0) is 21.1 Å². The van der Waals surface area contributed by atoms with Crippen LogP contribution in [0, 0.1) is 0 Å². The second-order valence-corrected chi connectivity index (χ2v) is 32.3. The van der Waals surface area contributed by atoms with Crippen LogP contribution in [0.5, 0.6) is 0 Å². The molecule has 10 heteroatoms. The molecule has 0 radical (unpaired) electrons. The molecule has 0 N–H and O–H groups in total. The van der Waals surface area contributed by atoms with Gasteiger partial charge in [0, 0.05) is 21.1 Å². The molecule has 0 aliphatic heterocycles. The van der Waals surface area contributed by atoms with Crippen LogP contribution in [0.4, 0.5) is 0 Å². The first kappa shape index (κ1) is 17.0. The minimum Gasteiger partial charge on any atom is -0.516 e. The van der Waals surface area contributed by atoms with Gasteiger partial charge in [-0.3, -0.25) is 0 Å². The molecular weight excluding hydrogens is 463 g/mol. The van der Waals surface area contributed by atoms with E-state index in [1.807, 2.05) is 0 Å². The van der Waals surface area contributed by atoms with Gasteiger partial charge in [0.1, 0.15) is 0 Å². The summed E-state index contributed by atoms with van der Waals surface area (Å²) in [5.41, 5.74) is 0. The zero-order chi connectivity index (χ0) is 7.44. The van der Waals surface area contributed by atoms with E-state index in [4.69, 9.17) is 0 Å². The van der Waals surface area contributed by atoms with Gasteiger partial charge in [-0.05, 0) is 6.99 Å². The van der Waals surface area contributed by atoms with E-state index in [1.54, 1.807) is 0 Å². The van der Waals surface area contributed by atoms with Crippen molar-refractivity contribution in [3.63, 3.8) is 0 Å². The van der Waals surface area contributed by atoms with Crippen LogP contribution in [-0.4, -0.2) is 0 Å². The Labute approximate surface area is 94.0 Å². The van der Waals surface area contributed by atoms with Crippen molar-refractivity contribution in [1.29, 1.82) is 0 Å². The van der Waals surface area contributed by atoms with Crippen LogP contribution in [0.3, 0.4) is 0 Å². The normalized spacial score (nSPS) is 17.4. The summed E-state index contributed by atoms with van der Waals surface area (Å²) in [5, 5.41) is 0. The van der Waals surface area contributed by atoms with E-state index >= 15 is 0 Å². The van der Waals surface area contributed by atoms with Gasteiger partial charge in [0.2, 0.25) is 0 Å². The van der Waals surface area contributed by atoms with Crippen LogP contribution in [0.2, 0.25) is 0 Å². The molecule has 0 spiro atoms. The van der Waals surface area contributed by atoms with Gasteiger partial charge in [0.05, 0.1) is 0 Å². The minimum absolute atomic E-state index is 0. The monoisotopic (exact) mass is 473 g/mol. The Balaban J connectivity index is 0. The predicted octanol–water partition coefficient (Wildman–Crippen LogP) is 5.07. The zero-order valence-corrected chi connectivity index (χ0v) is 17.3. The summed E-state index contributed by atoms with van der Waals surface area (Å²) in [5.74, 6) is 0. The second kappa shape index (κ2) is 10.1. The molecule has 0 saturated heterocycles. The van der Waals surface area contributed by atoms with Crippen molar-refractivity contribution in [2.75, 3.05) is 0 Å². The Bertz CT molecular complexity index is 67.1. The van der Waals surface area contributed by atoms with Gasteiger partial charge in [-0.2, -0.15) is 0 Å². The van der Waals surface area contributed by atoms with E-state index in [-0.39, 0.29) is 42.0 Å². The molecule has 0 saturated carbocycles. The van der Waals surface area contributed by atoms with E-state index in [9.17, 15) is 0 Å². The number of rotatable bonds is 3. The molecule has 0 aromatic heterocycles. The van der Waals surface area contributed by atoms with Crippen LogP contribution in [0.1, 0.15) is 0 Å². The van der Waals surface area contributed by atoms with E-state index in [0.29, 0.717) is 0 Å². The van der Waals surface area contributed by atoms with Crippen molar-refractivity contribution in [1.82, 2.24) is 0 Å². The van der Waals surface area contributed by atoms with Crippen molar-refractivity contribution in [3.05, 3.63) is 0 Å². The Kier molecular flexibility index (Phi) is 17.1. The molecule has 0 aliphatic rings. The van der Waals surface area contributed by atoms with Crippen molar-refractivity contribution < 1.29 is 21.1 Å². The fourth-order valence-corrected chi connectivity index (χ4v) is 40.5. The summed E-state index contributed by atoms with van der Waals surface area (Å²) >= 11 is 0. The fraction of sp³-hybridized carbons (Fsp3) is 0. The Morgan fingerprint density at radius 1 is 1.10 bits per heavy atom. The van der Waals surface area contributed by atoms with Crippen molar-refractivity contribution in [3.8, 4) is 0 Å². The summed E-state index contributed by atoms with van der Waals surface area (Å²) in [6.07, 6.45) is 0. The average molecular weight is 473 g/mol.